The van der Waals surface area contributed by atoms with E-state index in [0.717, 1.165) is 17.6 Å². The van der Waals surface area contributed by atoms with Crippen LogP contribution in [0.25, 0.3) is 0 Å². The predicted octanol–water partition coefficient (Wildman–Crippen LogP) is 4.17. The SMILES string of the molecule is COc1ccc([C@@H](C)NC2CCCC(C)C2C)cc1. The molecule has 0 amide bonds. The van der Waals surface area contributed by atoms with Crippen LogP contribution in [0, 0.1) is 11.8 Å². The van der Waals surface area contributed by atoms with Crippen LogP contribution in [0.2, 0.25) is 0 Å². The highest BCUT2D eigenvalue weighted by Gasteiger charge is 2.27. The molecule has 1 saturated carbocycles. The summed E-state index contributed by atoms with van der Waals surface area (Å²) >= 11 is 0. The fourth-order valence-electron chi connectivity index (χ4n) is 3.13. The second-order valence-electron chi connectivity index (χ2n) is 6.04. The molecule has 0 heterocycles. The van der Waals surface area contributed by atoms with E-state index in [0.29, 0.717) is 12.1 Å². The molecule has 2 heteroatoms. The van der Waals surface area contributed by atoms with Gasteiger partial charge in [0.05, 0.1) is 7.11 Å². The Morgan fingerprint density at radius 1 is 1.16 bits per heavy atom. The van der Waals surface area contributed by atoms with Crippen LogP contribution < -0.4 is 10.1 Å². The summed E-state index contributed by atoms with van der Waals surface area (Å²) in [6.07, 6.45) is 4.06. The molecule has 1 N–H and O–H groups in total. The van der Waals surface area contributed by atoms with Crippen molar-refractivity contribution < 1.29 is 4.74 Å². The van der Waals surface area contributed by atoms with E-state index in [1.54, 1.807) is 7.11 Å². The first-order valence-corrected chi connectivity index (χ1v) is 7.51. The summed E-state index contributed by atoms with van der Waals surface area (Å²) in [5, 5.41) is 3.81. The maximum atomic E-state index is 5.21. The van der Waals surface area contributed by atoms with Gasteiger partial charge in [0, 0.05) is 12.1 Å². The number of rotatable bonds is 4. The smallest absolute Gasteiger partial charge is 0.118 e. The number of methoxy groups -OCH3 is 1. The van der Waals surface area contributed by atoms with Gasteiger partial charge in [-0.05, 0) is 42.9 Å². The topological polar surface area (TPSA) is 21.3 Å². The first kappa shape index (κ1) is 14.4. The van der Waals surface area contributed by atoms with Crippen LogP contribution >= 0.6 is 0 Å². The van der Waals surface area contributed by atoms with Gasteiger partial charge in [0.15, 0.2) is 0 Å². The minimum atomic E-state index is 0.406. The van der Waals surface area contributed by atoms with E-state index in [9.17, 15) is 0 Å². The maximum absolute atomic E-state index is 5.21. The van der Waals surface area contributed by atoms with Gasteiger partial charge in [-0.2, -0.15) is 0 Å². The van der Waals surface area contributed by atoms with Gasteiger partial charge in [0.25, 0.3) is 0 Å². The van der Waals surface area contributed by atoms with Crippen molar-refractivity contribution in [3.63, 3.8) is 0 Å². The molecule has 106 valence electrons. The number of nitrogens with one attached hydrogen (secondary N) is 1. The Kier molecular flexibility index (Phi) is 4.87. The quantitative estimate of drug-likeness (QED) is 0.878. The molecule has 2 rings (SSSR count). The van der Waals surface area contributed by atoms with Crippen molar-refractivity contribution in [1.82, 2.24) is 5.32 Å². The van der Waals surface area contributed by atoms with Crippen molar-refractivity contribution >= 4 is 0 Å². The molecule has 3 unspecified atom stereocenters. The van der Waals surface area contributed by atoms with Crippen molar-refractivity contribution in [2.75, 3.05) is 7.11 Å². The van der Waals surface area contributed by atoms with Gasteiger partial charge < -0.3 is 10.1 Å². The predicted molar refractivity (Wildman–Crippen MR) is 80.5 cm³/mol. The molecule has 0 radical (unpaired) electrons. The van der Waals surface area contributed by atoms with Crippen molar-refractivity contribution in [3.8, 4) is 5.75 Å². The number of hydrogen-bond acceptors (Lipinski definition) is 2. The normalized spacial score (nSPS) is 28.9. The van der Waals surface area contributed by atoms with E-state index in [4.69, 9.17) is 4.74 Å². The van der Waals surface area contributed by atoms with Crippen LogP contribution in [0.5, 0.6) is 5.75 Å². The summed E-state index contributed by atoms with van der Waals surface area (Å²) in [5.41, 5.74) is 1.34. The molecule has 19 heavy (non-hydrogen) atoms. The first-order chi connectivity index (χ1) is 9.11. The molecular weight excluding hydrogens is 234 g/mol. The highest BCUT2D eigenvalue weighted by molar-refractivity contribution is 5.28. The maximum Gasteiger partial charge on any atom is 0.118 e. The second kappa shape index (κ2) is 6.42. The monoisotopic (exact) mass is 261 g/mol. The zero-order valence-electron chi connectivity index (χ0n) is 12.6. The van der Waals surface area contributed by atoms with Gasteiger partial charge in [-0.1, -0.05) is 38.8 Å². The standard InChI is InChI=1S/C17H27NO/c1-12-6-5-7-17(13(12)2)18-14(3)15-8-10-16(19-4)11-9-15/h8-14,17-18H,5-7H2,1-4H3/t12?,13?,14-,17?/m1/s1. The van der Waals surface area contributed by atoms with Crippen LogP contribution in [0.1, 0.15) is 51.6 Å². The molecule has 4 atom stereocenters. The van der Waals surface area contributed by atoms with E-state index in [-0.39, 0.29) is 0 Å². The van der Waals surface area contributed by atoms with Crippen molar-refractivity contribution in [1.29, 1.82) is 0 Å². The Hall–Kier alpha value is -1.02. The molecule has 1 fully saturated rings. The molecule has 1 aromatic rings. The van der Waals surface area contributed by atoms with Gasteiger partial charge in [0.2, 0.25) is 0 Å². The third-order valence-electron chi connectivity index (χ3n) is 4.79. The van der Waals surface area contributed by atoms with Crippen LogP contribution in [0.15, 0.2) is 24.3 Å². The van der Waals surface area contributed by atoms with Crippen LogP contribution in [-0.4, -0.2) is 13.2 Å². The van der Waals surface area contributed by atoms with Crippen LogP contribution in [0.3, 0.4) is 0 Å². The van der Waals surface area contributed by atoms with Gasteiger partial charge in [-0.3, -0.25) is 0 Å². The molecule has 1 aliphatic rings. The lowest BCUT2D eigenvalue weighted by Gasteiger charge is -2.36. The first-order valence-electron chi connectivity index (χ1n) is 7.51. The summed E-state index contributed by atoms with van der Waals surface area (Å²) < 4.78 is 5.21. The molecule has 0 saturated heterocycles. The highest BCUT2D eigenvalue weighted by Crippen LogP contribution is 2.31. The third kappa shape index (κ3) is 3.50. The molecule has 0 aliphatic heterocycles. The minimum absolute atomic E-state index is 0.406. The van der Waals surface area contributed by atoms with E-state index >= 15 is 0 Å². The number of benzene rings is 1. The zero-order chi connectivity index (χ0) is 13.8. The molecule has 1 aliphatic carbocycles. The Morgan fingerprint density at radius 2 is 1.84 bits per heavy atom. The second-order valence-corrected chi connectivity index (χ2v) is 6.04. The van der Waals surface area contributed by atoms with E-state index in [1.807, 2.05) is 12.1 Å². The van der Waals surface area contributed by atoms with E-state index in [2.05, 4.69) is 38.2 Å². The summed E-state index contributed by atoms with van der Waals surface area (Å²) in [6.45, 7) is 7.03. The van der Waals surface area contributed by atoms with E-state index in [1.165, 1.54) is 24.8 Å². The summed E-state index contributed by atoms with van der Waals surface area (Å²) in [4.78, 5) is 0. The summed E-state index contributed by atoms with van der Waals surface area (Å²) in [7, 11) is 1.71. The number of hydrogen-bond donors (Lipinski definition) is 1. The average Bonchev–Trinajstić information content (AvgIpc) is 2.44. The van der Waals surface area contributed by atoms with Crippen molar-refractivity contribution in [2.24, 2.45) is 11.8 Å². The molecule has 0 spiro atoms. The fraction of sp³-hybridized carbons (Fsp3) is 0.647. The minimum Gasteiger partial charge on any atom is -0.497 e. The van der Waals surface area contributed by atoms with Gasteiger partial charge in [0.1, 0.15) is 5.75 Å². The number of ether oxygens (including phenoxy) is 1. The Bertz CT molecular complexity index is 387. The Balaban J connectivity index is 1.97. The van der Waals surface area contributed by atoms with Crippen molar-refractivity contribution in [3.05, 3.63) is 29.8 Å². The van der Waals surface area contributed by atoms with Gasteiger partial charge >= 0.3 is 0 Å². The van der Waals surface area contributed by atoms with Crippen LogP contribution in [0.4, 0.5) is 0 Å². The fourth-order valence-corrected chi connectivity index (χ4v) is 3.13. The molecular formula is C17H27NO. The van der Waals surface area contributed by atoms with E-state index < -0.39 is 0 Å². The third-order valence-corrected chi connectivity index (χ3v) is 4.79. The molecule has 0 bridgehead atoms. The highest BCUT2D eigenvalue weighted by atomic mass is 16.5. The molecule has 0 aromatic heterocycles. The lowest BCUT2D eigenvalue weighted by molar-refractivity contribution is 0.196. The van der Waals surface area contributed by atoms with Gasteiger partial charge in [-0.25, -0.2) is 0 Å². The van der Waals surface area contributed by atoms with Crippen LogP contribution in [-0.2, 0) is 0 Å². The lowest BCUT2D eigenvalue weighted by atomic mass is 9.77. The lowest BCUT2D eigenvalue weighted by Crippen LogP contribution is -2.41. The molecule has 2 nitrogen and oxygen atoms in total. The largest absolute Gasteiger partial charge is 0.497 e. The Labute approximate surface area is 117 Å². The Morgan fingerprint density at radius 3 is 2.47 bits per heavy atom. The zero-order valence-corrected chi connectivity index (χ0v) is 12.6. The summed E-state index contributed by atoms with van der Waals surface area (Å²) in [5.74, 6) is 2.54. The average molecular weight is 261 g/mol. The van der Waals surface area contributed by atoms with Gasteiger partial charge in [-0.15, -0.1) is 0 Å². The molecule has 1 aromatic carbocycles. The summed E-state index contributed by atoms with van der Waals surface area (Å²) in [6, 6.07) is 9.46. The van der Waals surface area contributed by atoms with Crippen molar-refractivity contribution in [2.45, 2.75) is 52.1 Å².